The van der Waals surface area contributed by atoms with Crippen LogP contribution in [-0.4, -0.2) is 60.6 Å². The summed E-state index contributed by atoms with van der Waals surface area (Å²) in [6, 6.07) is 17.4. The van der Waals surface area contributed by atoms with E-state index >= 15 is 0 Å². The number of methoxy groups -OCH3 is 1. The quantitative estimate of drug-likeness (QED) is 0.499. The van der Waals surface area contributed by atoms with Crippen molar-refractivity contribution in [2.75, 3.05) is 31.0 Å². The fourth-order valence-corrected chi connectivity index (χ4v) is 4.35. The van der Waals surface area contributed by atoms with Crippen molar-refractivity contribution in [1.29, 1.82) is 5.26 Å². The number of fused-ring (bicyclic) bond motifs is 1. The number of hydrogen-bond acceptors (Lipinski definition) is 8. The largest absolute Gasteiger partial charge is 0.496 e. The van der Waals surface area contributed by atoms with Crippen LogP contribution in [0.4, 0.5) is 16.4 Å². The minimum absolute atomic E-state index is 0.171. The molecule has 2 fully saturated rings. The van der Waals surface area contributed by atoms with Gasteiger partial charge in [-0.05, 0) is 36.4 Å². The Morgan fingerprint density at radius 2 is 1.89 bits per heavy atom. The van der Waals surface area contributed by atoms with Crippen LogP contribution in [0.2, 0.25) is 0 Å². The van der Waals surface area contributed by atoms with Crippen molar-refractivity contribution in [3.63, 3.8) is 0 Å². The lowest BCUT2D eigenvalue weighted by Crippen LogP contribution is -2.46. The second-order valence-electron chi connectivity index (χ2n) is 8.21. The molecule has 2 aliphatic rings. The highest BCUT2D eigenvalue weighted by molar-refractivity contribution is 5.89. The van der Waals surface area contributed by atoms with Crippen molar-refractivity contribution in [3.8, 4) is 23.1 Å². The van der Waals surface area contributed by atoms with E-state index in [1.165, 1.54) is 0 Å². The van der Waals surface area contributed by atoms with Crippen molar-refractivity contribution in [2.24, 2.45) is 0 Å². The zero-order valence-electron chi connectivity index (χ0n) is 19.0. The Hall–Kier alpha value is -4.20. The number of carbonyl (C=O) groups is 1. The van der Waals surface area contributed by atoms with Crippen LogP contribution in [0.25, 0.3) is 11.3 Å². The van der Waals surface area contributed by atoms with Gasteiger partial charge in [0.15, 0.2) is 0 Å². The fourth-order valence-electron chi connectivity index (χ4n) is 4.35. The van der Waals surface area contributed by atoms with Gasteiger partial charge in [-0.25, -0.2) is 14.8 Å². The van der Waals surface area contributed by atoms with Gasteiger partial charge in [-0.15, -0.1) is 0 Å². The lowest BCUT2D eigenvalue weighted by molar-refractivity contribution is 0.0683. The normalized spacial score (nSPS) is 22.6. The third-order valence-corrected chi connectivity index (χ3v) is 5.97. The van der Waals surface area contributed by atoms with Crippen LogP contribution in [0.5, 0.6) is 5.75 Å². The molecule has 3 heterocycles. The maximum atomic E-state index is 12.5. The monoisotopic (exact) mass is 472 g/mol. The summed E-state index contributed by atoms with van der Waals surface area (Å²) in [6.07, 6.45) is 1.12. The summed E-state index contributed by atoms with van der Waals surface area (Å²) in [7, 11) is 1.63. The number of carbonyl (C=O) groups excluding carboxylic acids is 1. The van der Waals surface area contributed by atoms with E-state index in [2.05, 4.69) is 32.0 Å². The number of anilines is 2. The highest BCUT2D eigenvalue weighted by atomic mass is 16.6. The second kappa shape index (κ2) is 9.97. The number of nitrogens with one attached hydrogen (secondary N) is 3. The molecule has 2 saturated heterocycles. The zero-order valence-corrected chi connectivity index (χ0v) is 19.0. The van der Waals surface area contributed by atoms with Gasteiger partial charge in [0.05, 0.1) is 49.7 Å². The van der Waals surface area contributed by atoms with Gasteiger partial charge in [0, 0.05) is 17.4 Å². The van der Waals surface area contributed by atoms with Crippen molar-refractivity contribution in [2.45, 2.75) is 24.3 Å². The van der Waals surface area contributed by atoms with Crippen molar-refractivity contribution in [1.82, 2.24) is 15.3 Å². The van der Waals surface area contributed by atoms with Gasteiger partial charge in [-0.1, -0.05) is 18.2 Å². The van der Waals surface area contributed by atoms with E-state index in [9.17, 15) is 4.79 Å². The van der Waals surface area contributed by atoms with Gasteiger partial charge in [-0.3, -0.25) is 0 Å². The van der Waals surface area contributed by atoms with Crippen LogP contribution in [0, 0.1) is 11.3 Å². The van der Waals surface area contributed by atoms with Gasteiger partial charge in [-0.2, -0.15) is 5.26 Å². The summed E-state index contributed by atoms with van der Waals surface area (Å²) >= 11 is 0. The lowest BCUT2D eigenvalue weighted by Gasteiger charge is -2.19. The Labute approximate surface area is 202 Å². The molecule has 178 valence electrons. The van der Waals surface area contributed by atoms with E-state index in [0.29, 0.717) is 30.4 Å². The molecule has 0 spiro atoms. The van der Waals surface area contributed by atoms with Gasteiger partial charge >= 0.3 is 6.03 Å². The minimum atomic E-state index is -0.387. The van der Waals surface area contributed by atoms with E-state index < -0.39 is 0 Å². The molecule has 3 aromatic rings. The van der Waals surface area contributed by atoms with E-state index in [1.807, 2.05) is 30.3 Å². The number of amides is 2. The van der Waals surface area contributed by atoms with Crippen LogP contribution >= 0.6 is 0 Å². The average molecular weight is 473 g/mol. The Kier molecular flexibility index (Phi) is 6.43. The number of para-hydroxylation sites is 1. The number of urea groups is 1. The van der Waals surface area contributed by atoms with Crippen molar-refractivity contribution in [3.05, 3.63) is 66.4 Å². The second-order valence-corrected chi connectivity index (χ2v) is 8.21. The third kappa shape index (κ3) is 4.87. The minimum Gasteiger partial charge on any atom is -0.496 e. The molecule has 2 aliphatic heterocycles. The standard InChI is InChI=1S/C25H24N6O4/c1-33-21-8-3-2-7-17(21)18-9-10-27-24(29-18)30-19-13-34-23-20(14-35-22(19)23)31-25(32)28-16-6-4-5-15(11-16)12-26/h2-11,19-20,22-23H,13-14H2,1H3,(H,27,29,30)(H2,28,31,32)/t19-,20+,22-,23+/m1/s1. The first-order valence-corrected chi connectivity index (χ1v) is 11.2. The Morgan fingerprint density at radius 1 is 1.09 bits per heavy atom. The molecule has 5 rings (SSSR count). The number of hydrogen-bond donors (Lipinski definition) is 3. The molecular formula is C25H24N6O4. The Balaban J connectivity index is 1.21. The molecule has 1 aromatic heterocycles. The van der Waals surface area contributed by atoms with E-state index in [1.54, 1.807) is 37.6 Å². The summed E-state index contributed by atoms with van der Waals surface area (Å²) in [4.78, 5) is 21.5. The van der Waals surface area contributed by atoms with E-state index in [4.69, 9.17) is 19.5 Å². The number of aromatic nitrogens is 2. The number of nitrogens with zero attached hydrogens (tertiary/aromatic N) is 3. The van der Waals surface area contributed by atoms with Crippen LogP contribution in [0.3, 0.4) is 0 Å². The van der Waals surface area contributed by atoms with Gasteiger partial charge in [0.25, 0.3) is 0 Å². The molecule has 2 aromatic carbocycles. The molecular weight excluding hydrogens is 448 g/mol. The molecule has 2 amide bonds. The highest BCUT2D eigenvalue weighted by Crippen LogP contribution is 2.31. The van der Waals surface area contributed by atoms with Crippen LogP contribution in [-0.2, 0) is 9.47 Å². The molecule has 3 N–H and O–H groups in total. The van der Waals surface area contributed by atoms with E-state index in [-0.39, 0.29) is 30.3 Å². The molecule has 0 bridgehead atoms. The molecule has 10 nitrogen and oxygen atoms in total. The predicted octanol–water partition coefficient (Wildman–Crippen LogP) is 2.79. The molecule has 0 unspecified atom stereocenters. The highest BCUT2D eigenvalue weighted by Gasteiger charge is 2.48. The third-order valence-electron chi connectivity index (χ3n) is 5.97. The first kappa shape index (κ1) is 22.6. The molecule has 35 heavy (non-hydrogen) atoms. The van der Waals surface area contributed by atoms with Crippen LogP contribution < -0.4 is 20.7 Å². The van der Waals surface area contributed by atoms with Crippen molar-refractivity contribution >= 4 is 17.7 Å². The summed E-state index contributed by atoms with van der Waals surface area (Å²) < 4.78 is 17.4. The molecule has 0 saturated carbocycles. The molecule has 0 radical (unpaired) electrons. The zero-order chi connectivity index (χ0) is 24.2. The SMILES string of the molecule is COc1ccccc1-c1ccnc(N[C@@H]2CO[C@@H]3[C@@H]2OC[C@@H]3NC(=O)Nc2cccc(C#N)c2)n1. The fraction of sp³-hybridized carbons (Fsp3) is 0.280. The summed E-state index contributed by atoms with van der Waals surface area (Å²) in [6.45, 7) is 0.711. The smallest absolute Gasteiger partial charge is 0.319 e. The molecule has 4 atom stereocenters. The lowest BCUT2D eigenvalue weighted by atomic mass is 10.1. The van der Waals surface area contributed by atoms with Gasteiger partial charge < -0.3 is 30.2 Å². The Bertz CT molecular complexity index is 1260. The maximum Gasteiger partial charge on any atom is 0.319 e. The van der Waals surface area contributed by atoms with E-state index in [0.717, 1.165) is 17.0 Å². The predicted molar refractivity (Wildman–Crippen MR) is 128 cm³/mol. The number of nitriles is 1. The first-order valence-electron chi connectivity index (χ1n) is 11.2. The van der Waals surface area contributed by atoms with Crippen molar-refractivity contribution < 1.29 is 19.0 Å². The van der Waals surface area contributed by atoms with Gasteiger partial charge in [0.1, 0.15) is 18.0 Å². The van der Waals surface area contributed by atoms with Crippen LogP contribution in [0.1, 0.15) is 5.56 Å². The van der Waals surface area contributed by atoms with Crippen LogP contribution in [0.15, 0.2) is 60.8 Å². The first-order chi connectivity index (χ1) is 17.1. The topological polar surface area (TPSA) is 130 Å². The van der Waals surface area contributed by atoms with Gasteiger partial charge in [0.2, 0.25) is 5.95 Å². The summed E-state index contributed by atoms with van der Waals surface area (Å²) in [5.74, 6) is 1.19. The number of ether oxygens (including phenoxy) is 3. The summed E-state index contributed by atoms with van der Waals surface area (Å²) in [5, 5.41) is 18.0. The molecule has 10 heteroatoms. The average Bonchev–Trinajstić information content (AvgIpc) is 3.47. The number of benzene rings is 2. The Morgan fingerprint density at radius 3 is 2.71 bits per heavy atom. The maximum absolute atomic E-state index is 12.5. The summed E-state index contributed by atoms with van der Waals surface area (Å²) in [5.41, 5.74) is 2.61. The molecule has 0 aliphatic carbocycles. The number of rotatable bonds is 6.